The van der Waals surface area contributed by atoms with E-state index in [9.17, 15) is 9.90 Å². The minimum absolute atomic E-state index is 0.150. The lowest BCUT2D eigenvalue weighted by molar-refractivity contribution is -0.145. The minimum Gasteiger partial charge on any atom is -0.465 e. The van der Waals surface area contributed by atoms with Crippen molar-refractivity contribution < 1.29 is 19.4 Å². The molecule has 2 rings (SSSR count). The molecule has 0 bridgehead atoms. The number of hydrogen-bond donors (Lipinski definition) is 1. The fourth-order valence-electron chi connectivity index (χ4n) is 8.32. The summed E-state index contributed by atoms with van der Waals surface area (Å²) >= 11 is 0. The van der Waals surface area contributed by atoms with E-state index in [1.807, 2.05) is 37.3 Å². The van der Waals surface area contributed by atoms with Crippen molar-refractivity contribution in [2.75, 3.05) is 32.8 Å². The van der Waals surface area contributed by atoms with E-state index >= 15 is 0 Å². The Morgan fingerprint density at radius 1 is 0.614 bits per heavy atom. The number of hydrogen-bond acceptors (Lipinski definition) is 5. The third kappa shape index (κ3) is 28.1. The van der Waals surface area contributed by atoms with Crippen LogP contribution in [0, 0.1) is 5.92 Å². The third-order valence-electron chi connectivity index (χ3n) is 12.2. The molecule has 0 saturated carbocycles. The Kier molecular flexibility index (Phi) is 33.1. The fraction of sp³-hybridized carbons (Fsp3) is 0.788. The van der Waals surface area contributed by atoms with Gasteiger partial charge in [0.1, 0.15) is 11.5 Å². The van der Waals surface area contributed by atoms with Crippen LogP contribution in [0.25, 0.3) is 0 Å². The van der Waals surface area contributed by atoms with Gasteiger partial charge in [-0.1, -0.05) is 186 Å². The van der Waals surface area contributed by atoms with Crippen molar-refractivity contribution in [2.24, 2.45) is 5.92 Å². The maximum Gasteiger partial charge on any atom is 0.313 e. The van der Waals surface area contributed by atoms with Crippen molar-refractivity contribution in [3.8, 4) is 5.75 Å². The summed E-state index contributed by atoms with van der Waals surface area (Å²) in [6.45, 7) is 10.8. The molecule has 1 N–H and O–H groups in total. The summed E-state index contributed by atoms with van der Waals surface area (Å²) in [6, 6.07) is 7.80. The largest absolute Gasteiger partial charge is 0.465 e. The molecule has 1 aliphatic carbocycles. The van der Waals surface area contributed by atoms with Gasteiger partial charge in [-0.05, 0) is 107 Å². The van der Waals surface area contributed by atoms with Crippen LogP contribution in [-0.4, -0.2) is 48.8 Å². The van der Waals surface area contributed by atoms with Gasteiger partial charge < -0.3 is 19.5 Å². The molecule has 1 atom stereocenters. The Labute approximate surface area is 353 Å². The first-order valence-electron chi connectivity index (χ1n) is 24.7. The first-order chi connectivity index (χ1) is 28.1. The number of carbonyl (C=O) groups excluding carboxylic acids is 1. The first kappa shape index (κ1) is 51.0. The van der Waals surface area contributed by atoms with Crippen molar-refractivity contribution in [2.45, 2.75) is 226 Å². The molecule has 57 heavy (non-hydrogen) atoms. The van der Waals surface area contributed by atoms with E-state index in [0.29, 0.717) is 13.2 Å². The number of benzene rings is 1. The smallest absolute Gasteiger partial charge is 0.313 e. The van der Waals surface area contributed by atoms with Crippen LogP contribution < -0.4 is 4.74 Å². The summed E-state index contributed by atoms with van der Waals surface area (Å²) in [4.78, 5) is 15.4. The topological polar surface area (TPSA) is 59.0 Å². The summed E-state index contributed by atoms with van der Waals surface area (Å²) in [5, 5.41) is 9.39. The molecule has 0 radical (unpaired) electrons. The number of aliphatic hydroxyl groups excluding tert-OH is 1. The van der Waals surface area contributed by atoms with Gasteiger partial charge in [0.2, 0.25) is 0 Å². The second-order valence-electron chi connectivity index (χ2n) is 17.4. The van der Waals surface area contributed by atoms with Crippen LogP contribution in [-0.2, 0) is 9.53 Å². The molecule has 0 aromatic heterocycles. The van der Waals surface area contributed by atoms with E-state index in [4.69, 9.17) is 9.47 Å². The van der Waals surface area contributed by atoms with Crippen molar-refractivity contribution >= 4 is 5.97 Å². The predicted molar refractivity (Wildman–Crippen MR) is 245 cm³/mol. The van der Waals surface area contributed by atoms with E-state index in [2.05, 4.69) is 30.9 Å². The summed E-state index contributed by atoms with van der Waals surface area (Å²) in [5.41, 5.74) is 0.955. The van der Waals surface area contributed by atoms with Gasteiger partial charge in [-0.15, -0.1) is 0 Å². The summed E-state index contributed by atoms with van der Waals surface area (Å²) in [5.74, 6) is 2.18. The molecule has 328 valence electrons. The zero-order valence-electron chi connectivity index (χ0n) is 37.8. The first-order valence-corrected chi connectivity index (χ1v) is 24.7. The molecule has 5 heteroatoms. The van der Waals surface area contributed by atoms with E-state index in [1.54, 1.807) is 0 Å². The highest BCUT2D eigenvalue weighted by Crippen LogP contribution is 2.26. The van der Waals surface area contributed by atoms with Gasteiger partial charge in [0.25, 0.3) is 0 Å². The molecule has 0 saturated heterocycles. The number of allylic oxidation sites excluding steroid dienone is 3. The fourth-order valence-corrected chi connectivity index (χ4v) is 8.32. The molecule has 0 amide bonds. The average Bonchev–Trinajstić information content (AvgIpc) is 3.23. The molecule has 5 nitrogen and oxygen atoms in total. The zero-order chi connectivity index (χ0) is 40.9. The lowest BCUT2D eigenvalue weighted by Gasteiger charge is -2.22. The third-order valence-corrected chi connectivity index (χ3v) is 12.2. The zero-order valence-corrected chi connectivity index (χ0v) is 37.8. The van der Waals surface area contributed by atoms with Crippen LogP contribution in [0.3, 0.4) is 0 Å². The van der Waals surface area contributed by atoms with E-state index < -0.39 is 0 Å². The molecule has 1 unspecified atom stereocenters. The molecule has 0 fully saturated rings. The van der Waals surface area contributed by atoms with Gasteiger partial charge in [-0.25, -0.2) is 0 Å². The molecular formula is C52H91NO4. The van der Waals surface area contributed by atoms with Crippen LogP contribution in [0.1, 0.15) is 231 Å². The monoisotopic (exact) mass is 794 g/mol. The second kappa shape index (κ2) is 36.9. The normalized spacial score (nSPS) is 13.4. The molecule has 1 aliphatic rings. The predicted octanol–water partition coefficient (Wildman–Crippen LogP) is 15.2. The Morgan fingerprint density at radius 3 is 1.60 bits per heavy atom. The summed E-state index contributed by atoms with van der Waals surface area (Å²) in [6.07, 6.45) is 47.2. The van der Waals surface area contributed by atoms with Gasteiger partial charge in [0.05, 0.1) is 12.5 Å². The van der Waals surface area contributed by atoms with Gasteiger partial charge in [-0.3, -0.25) is 4.79 Å². The van der Waals surface area contributed by atoms with Crippen LogP contribution in [0.4, 0.5) is 0 Å². The maximum atomic E-state index is 12.7. The number of unbranched alkanes of at least 4 members (excludes halogenated alkanes) is 21. The molecule has 0 heterocycles. The number of ether oxygens (including phenoxy) is 2. The minimum atomic E-state index is -0.287. The lowest BCUT2D eigenvalue weighted by Crippen LogP contribution is -2.27. The van der Waals surface area contributed by atoms with E-state index in [1.165, 1.54) is 167 Å². The van der Waals surface area contributed by atoms with Crippen molar-refractivity contribution in [3.05, 3.63) is 53.8 Å². The van der Waals surface area contributed by atoms with E-state index in [0.717, 1.165) is 74.6 Å². The lowest BCUT2D eigenvalue weighted by atomic mass is 9.89. The summed E-state index contributed by atoms with van der Waals surface area (Å²) in [7, 11) is 0. The van der Waals surface area contributed by atoms with Crippen LogP contribution >= 0.6 is 0 Å². The molecule has 0 aliphatic heterocycles. The quantitative estimate of drug-likeness (QED) is 0.0530. The van der Waals surface area contributed by atoms with Crippen LogP contribution in [0.5, 0.6) is 5.75 Å². The van der Waals surface area contributed by atoms with E-state index in [-0.39, 0.29) is 11.9 Å². The Morgan fingerprint density at radius 2 is 1.09 bits per heavy atom. The maximum absolute atomic E-state index is 12.7. The Balaban J connectivity index is 1.60. The van der Waals surface area contributed by atoms with Gasteiger partial charge in [-0.2, -0.15) is 0 Å². The molecule has 1 aromatic rings. The van der Waals surface area contributed by atoms with Crippen LogP contribution in [0.2, 0.25) is 0 Å². The van der Waals surface area contributed by atoms with Gasteiger partial charge in [0, 0.05) is 6.61 Å². The Bertz CT molecular complexity index is 1090. The SMILES string of the molecule is CCCCCCCCCCC(CCCCCCCCCC)CCCCCN(CCCCO)CCCCCCCOC(=O)C(C)c1ccc(OC2=CCCC=C2)cc1. The molecule has 1 aromatic carbocycles. The van der Waals surface area contributed by atoms with Gasteiger partial charge in [0.15, 0.2) is 0 Å². The van der Waals surface area contributed by atoms with Gasteiger partial charge >= 0.3 is 5.97 Å². The highest BCUT2D eigenvalue weighted by Gasteiger charge is 2.17. The van der Waals surface area contributed by atoms with Crippen molar-refractivity contribution in [1.29, 1.82) is 0 Å². The number of esters is 1. The Hall–Kier alpha value is -2.11. The van der Waals surface area contributed by atoms with Crippen LogP contribution in [0.15, 0.2) is 48.3 Å². The number of aliphatic hydroxyl groups is 1. The molecular weight excluding hydrogens is 703 g/mol. The number of nitrogens with zero attached hydrogens (tertiary/aromatic N) is 1. The molecule has 0 spiro atoms. The second-order valence-corrected chi connectivity index (χ2v) is 17.4. The van der Waals surface area contributed by atoms with Crippen molar-refractivity contribution in [1.82, 2.24) is 4.90 Å². The summed E-state index contributed by atoms with van der Waals surface area (Å²) < 4.78 is 11.6. The highest BCUT2D eigenvalue weighted by molar-refractivity contribution is 5.77. The standard InChI is InChI=1S/C52H91NO4/c1-4-6-8-10-12-14-17-23-33-48(34-24-18-15-13-11-9-7-5-2)35-25-22-29-43-53(44-30-31-45-54)42-28-19-16-20-32-46-56-52(55)47(3)49-38-40-51(41-39-49)57-50-36-26-21-27-37-50/h26,36-41,47-48,54H,4-25,27-35,42-46H2,1-3H3. The number of carbonyl (C=O) groups is 1. The average molecular weight is 794 g/mol. The highest BCUT2D eigenvalue weighted by atomic mass is 16.5. The number of rotatable bonds is 40. The van der Waals surface area contributed by atoms with Crippen molar-refractivity contribution in [3.63, 3.8) is 0 Å².